The van der Waals surface area contributed by atoms with E-state index in [2.05, 4.69) is 15.3 Å². The van der Waals surface area contributed by atoms with Gasteiger partial charge < -0.3 is 10.1 Å². The molecule has 0 spiro atoms. The van der Waals surface area contributed by atoms with Gasteiger partial charge in [-0.3, -0.25) is 0 Å². The third kappa shape index (κ3) is 3.65. The Balaban J connectivity index is 1.50. The Morgan fingerprint density at radius 2 is 1.95 bits per heavy atom. The van der Waals surface area contributed by atoms with Crippen molar-refractivity contribution >= 4 is 28.3 Å². The highest BCUT2D eigenvalue weighted by molar-refractivity contribution is 6.30. The molecular weight excluding hydrogens is 298 g/mol. The largest absolute Gasteiger partial charge is 0.493 e. The van der Waals surface area contributed by atoms with Crippen molar-refractivity contribution in [3.05, 3.63) is 59.9 Å². The van der Waals surface area contributed by atoms with Gasteiger partial charge in [-0.05, 0) is 36.8 Å². The van der Waals surface area contributed by atoms with Crippen LogP contribution in [0, 0.1) is 0 Å². The van der Waals surface area contributed by atoms with Crippen LogP contribution >= 0.6 is 11.6 Å². The fraction of sp³-hybridized carbons (Fsp3) is 0.176. The van der Waals surface area contributed by atoms with Crippen LogP contribution in [0.4, 0.5) is 5.82 Å². The minimum atomic E-state index is 0.621. The van der Waals surface area contributed by atoms with Crippen molar-refractivity contribution in [2.75, 3.05) is 18.5 Å². The summed E-state index contributed by atoms with van der Waals surface area (Å²) in [5.41, 5.74) is 0.940. The summed E-state index contributed by atoms with van der Waals surface area (Å²) in [6, 6.07) is 15.4. The standard InChI is InChI=1S/C17H16ClN3O/c18-13-5-3-6-14(11-13)22-10-4-9-19-17-15-7-1-2-8-16(15)20-12-21-17/h1-3,5-8,11-12H,4,9-10H2,(H,19,20,21). The Kier molecular flexibility index (Phi) is 4.71. The molecule has 0 saturated heterocycles. The van der Waals surface area contributed by atoms with Crippen LogP contribution in [0.5, 0.6) is 5.75 Å². The van der Waals surface area contributed by atoms with E-state index in [9.17, 15) is 0 Å². The summed E-state index contributed by atoms with van der Waals surface area (Å²) in [7, 11) is 0. The fourth-order valence-electron chi connectivity index (χ4n) is 2.17. The molecule has 2 aromatic carbocycles. The summed E-state index contributed by atoms with van der Waals surface area (Å²) in [4.78, 5) is 8.54. The molecule has 22 heavy (non-hydrogen) atoms. The van der Waals surface area contributed by atoms with Gasteiger partial charge in [0.15, 0.2) is 0 Å². The van der Waals surface area contributed by atoms with Crippen LogP contribution < -0.4 is 10.1 Å². The Morgan fingerprint density at radius 3 is 2.86 bits per heavy atom. The zero-order chi connectivity index (χ0) is 15.2. The molecule has 0 atom stereocenters. The van der Waals surface area contributed by atoms with E-state index in [1.54, 1.807) is 6.33 Å². The molecule has 112 valence electrons. The average Bonchev–Trinajstić information content (AvgIpc) is 2.55. The maximum Gasteiger partial charge on any atom is 0.137 e. The molecule has 0 unspecified atom stereocenters. The predicted molar refractivity (Wildman–Crippen MR) is 89.6 cm³/mol. The summed E-state index contributed by atoms with van der Waals surface area (Å²) in [6.07, 6.45) is 2.44. The normalized spacial score (nSPS) is 10.6. The van der Waals surface area contributed by atoms with Crippen LogP contribution in [0.1, 0.15) is 6.42 Å². The second-order valence-electron chi connectivity index (χ2n) is 4.83. The number of benzene rings is 2. The molecule has 3 aromatic rings. The number of nitrogens with zero attached hydrogens (tertiary/aromatic N) is 2. The number of hydrogen-bond acceptors (Lipinski definition) is 4. The number of para-hydroxylation sites is 1. The first-order chi connectivity index (χ1) is 10.8. The minimum absolute atomic E-state index is 0.621. The Bertz CT molecular complexity index is 758. The van der Waals surface area contributed by atoms with Gasteiger partial charge in [-0.2, -0.15) is 0 Å². The lowest BCUT2D eigenvalue weighted by molar-refractivity contribution is 0.315. The van der Waals surface area contributed by atoms with Crippen molar-refractivity contribution < 1.29 is 4.74 Å². The number of hydrogen-bond donors (Lipinski definition) is 1. The minimum Gasteiger partial charge on any atom is -0.493 e. The summed E-state index contributed by atoms with van der Waals surface area (Å²) in [6.45, 7) is 1.40. The zero-order valence-electron chi connectivity index (χ0n) is 12.0. The molecular formula is C17H16ClN3O. The molecule has 0 amide bonds. The van der Waals surface area contributed by atoms with E-state index in [1.165, 1.54) is 0 Å². The van der Waals surface area contributed by atoms with Gasteiger partial charge in [-0.1, -0.05) is 29.8 Å². The monoisotopic (exact) mass is 313 g/mol. The van der Waals surface area contributed by atoms with Gasteiger partial charge in [0.2, 0.25) is 0 Å². The molecule has 0 aliphatic rings. The molecule has 0 bridgehead atoms. The van der Waals surface area contributed by atoms with Crippen molar-refractivity contribution in [3.63, 3.8) is 0 Å². The molecule has 1 N–H and O–H groups in total. The Morgan fingerprint density at radius 1 is 1.05 bits per heavy atom. The molecule has 0 saturated carbocycles. The molecule has 5 heteroatoms. The predicted octanol–water partition coefficient (Wildman–Crippen LogP) is 4.16. The third-order valence-electron chi connectivity index (χ3n) is 3.22. The average molecular weight is 314 g/mol. The highest BCUT2D eigenvalue weighted by Gasteiger charge is 2.02. The smallest absolute Gasteiger partial charge is 0.137 e. The molecule has 0 radical (unpaired) electrons. The first kappa shape index (κ1) is 14.6. The van der Waals surface area contributed by atoms with Crippen LogP contribution in [0.3, 0.4) is 0 Å². The maximum absolute atomic E-state index is 5.91. The fourth-order valence-corrected chi connectivity index (χ4v) is 2.35. The van der Waals surface area contributed by atoms with E-state index in [-0.39, 0.29) is 0 Å². The molecule has 0 fully saturated rings. The lowest BCUT2D eigenvalue weighted by atomic mass is 10.2. The highest BCUT2D eigenvalue weighted by atomic mass is 35.5. The van der Waals surface area contributed by atoms with Crippen molar-refractivity contribution in [1.29, 1.82) is 0 Å². The quantitative estimate of drug-likeness (QED) is 0.694. The van der Waals surface area contributed by atoms with E-state index in [4.69, 9.17) is 16.3 Å². The van der Waals surface area contributed by atoms with Gasteiger partial charge >= 0.3 is 0 Å². The Labute approximate surface area is 134 Å². The number of aromatic nitrogens is 2. The first-order valence-electron chi connectivity index (χ1n) is 7.15. The number of ether oxygens (including phenoxy) is 1. The van der Waals surface area contributed by atoms with Crippen molar-refractivity contribution in [2.24, 2.45) is 0 Å². The topological polar surface area (TPSA) is 47.0 Å². The lowest BCUT2D eigenvalue weighted by Crippen LogP contribution is -2.08. The Hall–Kier alpha value is -2.33. The number of nitrogens with one attached hydrogen (secondary N) is 1. The number of anilines is 1. The third-order valence-corrected chi connectivity index (χ3v) is 3.46. The maximum atomic E-state index is 5.91. The lowest BCUT2D eigenvalue weighted by Gasteiger charge is -2.09. The van der Waals surface area contributed by atoms with E-state index >= 15 is 0 Å². The second kappa shape index (κ2) is 7.09. The van der Waals surface area contributed by atoms with Crippen LogP contribution in [0.25, 0.3) is 10.9 Å². The molecule has 3 rings (SSSR count). The highest BCUT2D eigenvalue weighted by Crippen LogP contribution is 2.19. The van der Waals surface area contributed by atoms with E-state index < -0.39 is 0 Å². The van der Waals surface area contributed by atoms with Gasteiger partial charge in [-0.25, -0.2) is 9.97 Å². The van der Waals surface area contributed by atoms with Crippen LogP contribution in [0.15, 0.2) is 54.9 Å². The van der Waals surface area contributed by atoms with Gasteiger partial charge in [0.05, 0.1) is 12.1 Å². The van der Waals surface area contributed by atoms with Gasteiger partial charge in [0.25, 0.3) is 0 Å². The number of halogens is 1. The zero-order valence-corrected chi connectivity index (χ0v) is 12.8. The molecule has 4 nitrogen and oxygen atoms in total. The molecule has 1 heterocycles. The van der Waals surface area contributed by atoms with Crippen molar-refractivity contribution in [3.8, 4) is 5.75 Å². The van der Waals surface area contributed by atoms with Crippen LogP contribution in [-0.4, -0.2) is 23.1 Å². The SMILES string of the molecule is Clc1cccc(OCCCNc2ncnc3ccccc23)c1. The summed E-state index contributed by atoms with van der Waals surface area (Å²) in [5.74, 6) is 1.65. The molecule has 0 aliphatic heterocycles. The number of rotatable bonds is 6. The second-order valence-corrected chi connectivity index (χ2v) is 5.26. The van der Waals surface area contributed by atoms with Crippen molar-refractivity contribution in [2.45, 2.75) is 6.42 Å². The summed E-state index contributed by atoms with van der Waals surface area (Å²) < 4.78 is 5.66. The van der Waals surface area contributed by atoms with Gasteiger partial charge in [0.1, 0.15) is 17.9 Å². The summed E-state index contributed by atoms with van der Waals surface area (Å²) >= 11 is 5.91. The molecule has 1 aromatic heterocycles. The van der Waals surface area contributed by atoms with Gasteiger partial charge in [0, 0.05) is 17.0 Å². The van der Waals surface area contributed by atoms with Gasteiger partial charge in [-0.15, -0.1) is 0 Å². The van der Waals surface area contributed by atoms with Crippen molar-refractivity contribution in [1.82, 2.24) is 9.97 Å². The van der Waals surface area contributed by atoms with E-state index in [0.29, 0.717) is 11.6 Å². The van der Waals surface area contributed by atoms with E-state index in [0.717, 1.165) is 35.4 Å². The first-order valence-corrected chi connectivity index (χ1v) is 7.53. The van der Waals surface area contributed by atoms with E-state index in [1.807, 2.05) is 48.5 Å². The van der Waals surface area contributed by atoms with Crippen LogP contribution in [-0.2, 0) is 0 Å². The van der Waals surface area contributed by atoms with Crippen LogP contribution in [0.2, 0.25) is 5.02 Å². The molecule has 0 aliphatic carbocycles. The number of fused-ring (bicyclic) bond motifs is 1. The summed E-state index contributed by atoms with van der Waals surface area (Å²) in [5, 5.41) is 5.04.